The van der Waals surface area contributed by atoms with E-state index in [0.717, 1.165) is 5.56 Å². The summed E-state index contributed by atoms with van der Waals surface area (Å²) < 4.78 is 13.7. The highest BCUT2D eigenvalue weighted by Gasteiger charge is 2.44. The van der Waals surface area contributed by atoms with Gasteiger partial charge in [-0.15, -0.1) is 0 Å². The van der Waals surface area contributed by atoms with Gasteiger partial charge in [0.1, 0.15) is 17.1 Å². The van der Waals surface area contributed by atoms with Crippen LogP contribution in [0, 0.1) is 9.39 Å². The van der Waals surface area contributed by atoms with Crippen LogP contribution in [0.5, 0.6) is 0 Å². The number of rotatable bonds is 5. The van der Waals surface area contributed by atoms with Crippen LogP contribution in [0.2, 0.25) is 0 Å². The van der Waals surface area contributed by atoms with E-state index in [1.807, 2.05) is 52.9 Å². The molecule has 2 amide bonds. The van der Waals surface area contributed by atoms with Crippen LogP contribution in [-0.2, 0) is 16.0 Å². The summed E-state index contributed by atoms with van der Waals surface area (Å²) in [5.41, 5.74) is 0.105. The molecule has 1 atom stereocenters. The van der Waals surface area contributed by atoms with Crippen molar-refractivity contribution in [1.82, 2.24) is 5.32 Å². The van der Waals surface area contributed by atoms with Crippen LogP contribution in [0.25, 0.3) is 0 Å². The Morgan fingerprint density at radius 1 is 1.26 bits per heavy atom. The van der Waals surface area contributed by atoms with Gasteiger partial charge in [0, 0.05) is 3.57 Å². The Kier molecular flexibility index (Phi) is 5.50. The van der Waals surface area contributed by atoms with Crippen molar-refractivity contribution in [3.63, 3.8) is 0 Å². The number of aryl methyl sites for hydroxylation is 1. The van der Waals surface area contributed by atoms with Gasteiger partial charge in [0.25, 0.3) is 11.8 Å². The lowest BCUT2D eigenvalue weighted by Gasteiger charge is -2.24. The SMILES string of the molecule is CC1(CCc2ccccc2)NC(=O)C(C(=O)Nc2ccc(F)cc2I)=C1O. The number of aliphatic hydroxyl groups is 1. The van der Waals surface area contributed by atoms with Gasteiger partial charge >= 0.3 is 0 Å². The number of halogens is 2. The molecule has 0 fully saturated rings. The molecular formula is C20H18FIN2O3. The summed E-state index contributed by atoms with van der Waals surface area (Å²) in [4.78, 5) is 24.9. The van der Waals surface area contributed by atoms with E-state index in [1.54, 1.807) is 6.92 Å². The Bertz CT molecular complexity index is 930. The van der Waals surface area contributed by atoms with E-state index in [1.165, 1.54) is 18.2 Å². The van der Waals surface area contributed by atoms with Crippen molar-refractivity contribution in [2.24, 2.45) is 0 Å². The summed E-state index contributed by atoms with van der Waals surface area (Å²) in [7, 11) is 0. The minimum atomic E-state index is -1.02. The molecule has 0 spiro atoms. The molecule has 0 radical (unpaired) electrons. The average Bonchev–Trinajstić information content (AvgIpc) is 2.86. The van der Waals surface area contributed by atoms with E-state index in [0.29, 0.717) is 22.1 Å². The number of nitrogens with one attached hydrogen (secondary N) is 2. The molecule has 1 aliphatic rings. The molecule has 140 valence electrons. The third-order valence-electron chi connectivity index (χ3n) is 4.54. The lowest BCUT2D eigenvalue weighted by molar-refractivity contribution is -0.121. The van der Waals surface area contributed by atoms with Gasteiger partial charge < -0.3 is 15.7 Å². The lowest BCUT2D eigenvalue weighted by atomic mass is 9.92. The third-order valence-corrected chi connectivity index (χ3v) is 5.43. The van der Waals surface area contributed by atoms with E-state index in [-0.39, 0.29) is 11.3 Å². The molecule has 1 aliphatic heterocycles. The van der Waals surface area contributed by atoms with Crippen LogP contribution in [0.15, 0.2) is 59.9 Å². The fraction of sp³-hybridized carbons (Fsp3) is 0.200. The van der Waals surface area contributed by atoms with Gasteiger partial charge in [0.2, 0.25) is 0 Å². The molecule has 27 heavy (non-hydrogen) atoms. The second-order valence-electron chi connectivity index (χ2n) is 6.57. The number of carbonyl (C=O) groups excluding carboxylic acids is 2. The first-order chi connectivity index (χ1) is 12.8. The highest BCUT2D eigenvalue weighted by atomic mass is 127. The Hall–Kier alpha value is -2.42. The van der Waals surface area contributed by atoms with Gasteiger partial charge in [-0.05, 0) is 66.1 Å². The molecule has 1 unspecified atom stereocenters. The zero-order chi connectivity index (χ0) is 19.6. The fourth-order valence-electron chi connectivity index (χ4n) is 2.96. The highest BCUT2D eigenvalue weighted by molar-refractivity contribution is 14.1. The van der Waals surface area contributed by atoms with E-state index < -0.39 is 23.2 Å². The topological polar surface area (TPSA) is 78.4 Å². The molecule has 0 aromatic heterocycles. The molecule has 0 bridgehead atoms. The number of aliphatic hydroxyl groups excluding tert-OH is 1. The Labute approximate surface area is 169 Å². The van der Waals surface area contributed by atoms with Crippen molar-refractivity contribution in [2.45, 2.75) is 25.3 Å². The minimum absolute atomic E-state index is 0.280. The summed E-state index contributed by atoms with van der Waals surface area (Å²) in [5.74, 6) is -2.06. The lowest BCUT2D eigenvalue weighted by Crippen LogP contribution is -2.42. The van der Waals surface area contributed by atoms with Gasteiger partial charge in [-0.3, -0.25) is 9.59 Å². The first-order valence-electron chi connectivity index (χ1n) is 8.37. The molecule has 2 aromatic rings. The molecule has 1 heterocycles. The zero-order valence-corrected chi connectivity index (χ0v) is 16.7. The second kappa shape index (κ2) is 7.67. The predicted octanol–water partition coefficient (Wildman–Crippen LogP) is 3.70. The van der Waals surface area contributed by atoms with Crippen molar-refractivity contribution in [1.29, 1.82) is 0 Å². The van der Waals surface area contributed by atoms with Gasteiger partial charge in [0.15, 0.2) is 0 Å². The molecule has 7 heteroatoms. The van der Waals surface area contributed by atoms with Gasteiger partial charge in [0.05, 0.1) is 11.2 Å². The van der Waals surface area contributed by atoms with Gasteiger partial charge in [-0.1, -0.05) is 30.3 Å². The van der Waals surface area contributed by atoms with Crippen molar-refractivity contribution >= 4 is 40.1 Å². The molecule has 0 saturated carbocycles. The van der Waals surface area contributed by atoms with Crippen LogP contribution in [0.3, 0.4) is 0 Å². The smallest absolute Gasteiger partial charge is 0.264 e. The highest BCUT2D eigenvalue weighted by Crippen LogP contribution is 2.30. The van der Waals surface area contributed by atoms with E-state index >= 15 is 0 Å². The van der Waals surface area contributed by atoms with Gasteiger partial charge in [-0.2, -0.15) is 0 Å². The maximum Gasteiger partial charge on any atom is 0.264 e. The van der Waals surface area contributed by atoms with Crippen LogP contribution in [0.1, 0.15) is 18.9 Å². The van der Waals surface area contributed by atoms with Crippen LogP contribution in [-0.4, -0.2) is 22.5 Å². The molecule has 0 saturated heterocycles. The standard InChI is InChI=1S/C20H18FIN2O3/c1-20(10-9-12-5-3-2-4-6-12)17(25)16(19(27)24-20)18(26)23-15-8-7-13(21)11-14(15)22/h2-8,11,25H,9-10H2,1H3,(H,23,26)(H,24,27). The molecule has 3 rings (SSSR count). The Morgan fingerprint density at radius 3 is 2.63 bits per heavy atom. The molecule has 5 nitrogen and oxygen atoms in total. The van der Waals surface area contributed by atoms with Gasteiger partial charge in [-0.25, -0.2) is 4.39 Å². The molecular weight excluding hydrogens is 462 g/mol. The quantitative estimate of drug-likeness (QED) is 0.451. The maximum atomic E-state index is 13.2. The first kappa shape index (κ1) is 19.3. The largest absolute Gasteiger partial charge is 0.509 e. The number of benzene rings is 2. The van der Waals surface area contributed by atoms with Crippen LogP contribution >= 0.6 is 22.6 Å². The number of amides is 2. The number of hydrogen-bond donors (Lipinski definition) is 3. The van der Waals surface area contributed by atoms with Crippen molar-refractivity contribution in [3.8, 4) is 0 Å². The normalized spacial score (nSPS) is 19.1. The van der Waals surface area contributed by atoms with E-state index in [4.69, 9.17) is 0 Å². The zero-order valence-electron chi connectivity index (χ0n) is 14.6. The molecule has 3 N–H and O–H groups in total. The number of anilines is 1. The monoisotopic (exact) mass is 480 g/mol. The van der Waals surface area contributed by atoms with Crippen LogP contribution < -0.4 is 10.6 Å². The summed E-state index contributed by atoms with van der Waals surface area (Å²) in [6.07, 6.45) is 1.08. The second-order valence-corrected chi connectivity index (χ2v) is 7.74. The average molecular weight is 480 g/mol. The summed E-state index contributed by atoms with van der Waals surface area (Å²) in [6.45, 7) is 1.69. The Morgan fingerprint density at radius 2 is 1.96 bits per heavy atom. The van der Waals surface area contributed by atoms with Crippen molar-refractivity contribution < 1.29 is 19.1 Å². The van der Waals surface area contributed by atoms with Crippen molar-refractivity contribution in [3.05, 3.63) is 74.8 Å². The predicted molar refractivity (Wildman–Crippen MR) is 109 cm³/mol. The summed E-state index contributed by atoms with van der Waals surface area (Å²) >= 11 is 1.89. The fourth-order valence-corrected chi connectivity index (χ4v) is 3.57. The van der Waals surface area contributed by atoms with Crippen LogP contribution in [0.4, 0.5) is 10.1 Å². The third kappa shape index (κ3) is 4.13. The van der Waals surface area contributed by atoms with E-state index in [2.05, 4.69) is 10.6 Å². The van der Waals surface area contributed by atoms with Crippen molar-refractivity contribution in [2.75, 3.05) is 5.32 Å². The first-order valence-corrected chi connectivity index (χ1v) is 9.44. The summed E-state index contributed by atoms with van der Waals surface area (Å²) in [5, 5.41) is 15.9. The maximum absolute atomic E-state index is 13.2. The Balaban J connectivity index is 1.79. The van der Waals surface area contributed by atoms with E-state index in [9.17, 15) is 19.1 Å². The molecule has 2 aromatic carbocycles. The number of carbonyl (C=O) groups is 2. The molecule has 0 aliphatic carbocycles. The number of hydrogen-bond acceptors (Lipinski definition) is 3. The minimum Gasteiger partial charge on any atom is -0.509 e. The summed E-state index contributed by atoms with van der Waals surface area (Å²) in [6, 6.07) is 13.6.